The molecule has 2 aromatic rings. The molecule has 0 amide bonds. The number of rotatable bonds is 5. The van der Waals surface area contributed by atoms with Crippen molar-refractivity contribution in [2.75, 3.05) is 21.3 Å². The highest BCUT2D eigenvalue weighted by Gasteiger charge is 2.14. The van der Waals surface area contributed by atoms with Crippen LogP contribution in [0.1, 0.15) is 0 Å². The Balaban J connectivity index is 2.36. The number of benzene rings is 2. The third kappa shape index (κ3) is 2.91. The summed E-state index contributed by atoms with van der Waals surface area (Å²) in [5.41, 5.74) is 0. The molecule has 0 N–H and O–H groups in total. The van der Waals surface area contributed by atoms with Gasteiger partial charge in [0.1, 0.15) is 11.5 Å². The maximum Gasteiger partial charge on any atom is 0.203 e. The van der Waals surface area contributed by atoms with Crippen molar-refractivity contribution in [1.29, 1.82) is 0 Å². The van der Waals surface area contributed by atoms with Gasteiger partial charge in [0, 0.05) is 12.1 Å². The van der Waals surface area contributed by atoms with Gasteiger partial charge in [-0.05, 0) is 18.2 Å². The molecule has 0 spiro atoms. The smallest absolute Gasteiger partial charge is 0.203 e. The van der Waals surface area contributed by atoms with Crippen molar-refractivity contribution in [2.24, 2.45) is 0 Å². The summed E-state index contributed by atoms with van der Waals surface area (Å²) in [7, 11) is 4.70. The van der Waals surface area contributed by atoms with E-state index in [2.05, 4.69) is 6.07 Å². The lowest BCUT2D eigenvalue weighted by Crippen LogP contribution is -1.96. The van der Waals surface area contributed by atoms with E-state index in [9.17, 15) is 0 Å². The first kappa shape index (κ1) is 13.1. The minimum atomic E-state index is 0.541. The van der Waals surface area contributed by atoms with Crippen molar-refractivity contribution >= 4 is 0 Å². The van der Waals surface area contributed by atoms with Crippen LogP contribution in [0.4, 0.5) is 0 Å². The molecule has 4 nitrogen and oxygen atoms in total. The summed E-state index contributed by atoms with van der Waals surface area (Å²) in [4.78, 5) is 0. The maximum absolute atomic E-state index is 5.73. The van der Waals surface area contributed by atoms with Gasteiger partial charge in [-0.1, -0.05) is 12.1 Å². The summed E-state index contributed by atoms with van der Waals surface area (Å²) >= 11 is 0. The van der Waals surface area contributed by atoms with E-state index in [1.807, 2.05) is 12.1 Å². The van der Waals surface area contributed by atoms with Crippen molar-refractivity contribution in [3.63, 3.8) is 0 Å². The lowest BCUT2D eigenvalue weighted by atomic mass is 10.2. The average molecular weight is 259 g/mol. The van der Waals surface area contributed by atoms with Crippen LogP contribution < -0.4 is 18.9 Å². The summed E-state index contributed by atoms with van der Waals surface area (Å²) in [5.74, 6) is 2.98. The fourth-order valence-electron chi connectivity index (χ4n) is 1.69. The van der Waals surface area contributed by atoms with Gasteiger partial charge in [-0.25, -0.2) is 0 Å². The molecule has 0 atom stereocenters. The third-order valence-electron chi connectivity index (χ3n) is 2.56. The maximum atomic E-state index is 5.73. The summed E-state index contributed by atoms with van der Waals surface area (Å²) in [6.45, 7) is 0. The van der Waals surface area contributed by atoms with Crippen molar-refractivity contribution in [3.8, 4) is 28.7 Å². The van der Waals surface area contributed by atoms with Gasteiger partial charge in [-0.2, -0.15) is 0 Å². The first-order valence-corrected chi connectivity index (χ1v) is 5.72. The lowest BCUT2D eigenvalue weighted by Gasteiger charge is -2.14. The molecule has 0 bridgehead atoms. The minimum Gasteiger partial charge on any atom is -0.493 e. The number of hydrogen-bond acceptors (Lipinski definition) is 4. The van der Waals surface area contributed by atoms with Gasteiger partial charge in [-0.3, -0.25) is 0 Å². The fourth-order valence-corrected chi connectivity index (χ4v) is 1.69. The van der Waals surface area contributed by atoms with Gasteiger partial charge in [0.2, 0.25) is 5.75 Å². The molecule has 99 valence electrons. The highest BCUT2D eigenvalue weighted by Crippen LogP contribution is 2.41. The topological polar surface area (TPSA) is 36.9 Å². The van der Waals surface area contributed by atoms with Crippen LogP contribution in [-0.4, -0.2) is 21.3 Å². The van der Waals surface area contributed by atoms with Gasteiger partial charge < -0.3 is 18.9 Å². The van der Waals surface area contributed by atoms with Gasteiger partial charge in [0.25, 0.3) is 0 Å². The SMILES string of the molecule is COc1cc(Oc2cc[c]cc2)cc(OC)c1OC. The lowest BCUT2D eigenvalue weighted by molar-refractivity contribution is 0.321. The molecule has 0 aromatic heterocycles. The molecule has 0 heterocycles. The Bertz CT molecular complexity index is 512. The predicted octanol–water partition coefficient (Wildman–Crippen LogP) is 3.30. The molecule has 0 aliphatic heterocycles. The first-order valence-electron chi connectivity index (χ1n) is 5.72. The van der Waals surface area contributed by atoms with Crippen molar-refractivity contribution in [3.05, 3.63) is 42.5 Å². The second kappa shape index (κ2) is 6.00. The zero-order valence-electron chi connectivity index (χ0n) is 11.1. The van der Waals surface area contributed by atoms with E-state index in [4.69, 9.17) is 18.9 Å². The van der Waals surface area contributed by atoms with E-state index >= 15 is 0 Å². The van der Waals surface area contributed by atoms with Gasteiger partial charge in [0.15, 0.2) is 11.5 Å². The van der Waals surface area contributed by atoms with E-state index in [1.165, 1.54) is 0 Å². The molecule has 1 radical (unpaired) electrons. The van der Waals surface area contributed by atoms with Gasteiger partial charge >= 0.3 is 0 Å². The van der Waals surface area contributed by atoms with Crippen LogP contribution in [0.25, 0.3) is 0 Å². The monoisotopic (exact) mass is 259 g/mol. The van der Waals surface area contributed by atoms with Crippen molar-refractivity contribution < 1.29 is 18.9 Å². The largest absolute Gasteiger partial charge is 0.493 e. The summed E-state index contributed by atoms with van der Waals surface area (Å²) < 4.78 is 21.5. The second-order valence-electron chi connectivity index (χ2n) is 3.70. The van der Waals surface area contributed by atoms with E-state index in [1.54, 1.807) is 45.6 Å². The highest BCUT2D eigenvalue weighted by molar-refractivity contribution is 5.56. The Morgan fingerprint density at radius 1 is 0.789 bits per heavy atom. The molecule has 19 heavy (non-hydrogen) atoms. The molecule has 0 fully saturated rings. The van der Waals surface area contributed by atoms with E-state index < -0.39 is 0 Å². The number of methoxy groups -OCH3 is 3. The normalized spacial score (nSPS) is 9.84. The number of hydrogen-bond donors (Lipinski definition) is 0. The van der Waals surface area contributed by atoms with E-state index in [-0.39, 0.29) is 0 Å². The summed E-state index contributed by atoms with van der Waals surface area (Å²) in [6, 6.07) is 13.6. The molecule has 0 saturated heterocycles. The van der Waals surface area contributed by atoms with Gasteiger partial charge in [0.05, 0.1) is 21.3 Å². The van der Waals surface area contributed by atoms with Crippen LogP contribution in [0.2, 0.25) is 0 Å². The minimum absolute atomic E-state index is 0.541. The molecule has 4 heteroatoms. The average Bonchev–Trinajstić information content (AvgIpc) is 2.47. The van der Waals surface area contributed by atoms with Crippen LogP contribution in [0.3, 0.4) is 0 Å². The van der Waals surface area contributed by atoms with Crippen LogP contribution in [0.15, 0.2) is 36.4 Å². The highest BCUT2D eigenvalue weighted by atomic mass is 16.5. The van der Waals surface area contributed by atoms with Crippen LogP contribution in [0.5, 0.6) is 28.7 Å². The molecule has 0 saturated carbocycles. The quantitative estimate of drug-likeness (QED) is 0.825. The van der Waals surface area contributed by atoms with Crippen LogP contribution in [-0.2, 0) is 0 Å². The summed E-state index contributed by atoms with van der Waals surface area (Å²) in [6.07, 6.45) is 0. The molecular weight excluding hydrogens is 244 g/mol. The van der Waals surface area contributed by atoms with E-state index in [0.29, 0.717) is 28.7 Å². The molecular formula is C15H15O4. The van der Waals surface area contributed by atoms with Gasteiger partial charge in [-0.15, -0.1) is 0 Å². The second-order valence-corrected chi connectivity index (χ2v) is 3.70. The molecule has 0 aliphatic rings. The number of ether oxygens (including phenoxy) is 4. The Morgan fingerprint density at radius 2 is 1.37 bits per heavy atom. The van der Waals surface area contributed by atoms with Crippen molar-refractivity contribution in [2.45, 2.75) is 0 Å². The Kier molecular flexibility index (Phi) is 4.13. The standard InChI is InChI=1S/C15H15O4/c1-16-13-9-12(10-14(17-2)15(13)18-3)19-11-7-5-4-6-8-11/h5-10H,1-3H3. The zero-order valence-corrected chi connectivity index (χ0v) is 11.1. The fraction of sp³-hybridized carbons (Fsp3) is 0.200. The van der Waals surface area contributed by atoms with Crippen molar-refractivity contribution in [1.82, 2.24) is 0 Å². The Morgan fingerprint density at radius 3 is 1.84 bits per heavy atom. The molecule has 0 aliphatic carbocycles. The van der Waals surface area contributed by atoms with E-state index in [0.717, 1.165) is 0 Å². The summed E-state index contributed by atoms with van der Waals surface area (Å²) in [5, 5.41) is 0. The third-order valence-corrected chi connectivity index (χ3v) is 2.56. The van der Waals surface area contributed by atoms with Crippen LogP contribution >= 0.6 is 0 Å². The Hall–Kier alpha value is -2.36. The van der Waals surface area contributed by atoms with Crippen LogP contribution in [0, 0.1) is 6.07 Å². The predicted molar refractivity (Wildman–Crippen MR) is 71.5 cm³/mol. The zero-order chi connectivity index (χ0) is 13.7. The first-order chi connectivity index (χ1) is 9.28. The Labute approximate surface area is 112 Å². The molecule has 2 rings (SSSR count). The molecule has 0 unspecified atom stereocenters. The molecule has 2 aromatic carbocycles.